The molecule has 12 nitrogen and oxygen atoms in total. The van der Waals surface area contributed by atoms with E-state index < -0.39 is 69.2 Å². The SMILES string of the molecule is CCCCC/C=C\C/C=C\C/C=C\CCCCCCC(=O)OC[C@H](COP(=O)(O)O)OC(=O)CCCCC(=O)C[C@@H]1[C@@H](/C=C/[C@@H](O)CCCCC)[C@H](O)C[C@@H]1O. The van der Waals surface area contributed by atoms with Crippen molar-refractivity contribution in [2.45, 2.75) is 180 Å². The molecular formula is C43H73O12P. The second kappa shape index (κ2) is 32.5. The third-order valence-electron chi connectivity index (χ3n) is 9.80. The summed E-state index contributed by atoms with van der Waals surface area (Å²) in [4.78, 5) is 55.8. The minimum Gasteiger partial charge on any atom is -0.462 e. The number of phosphoric ester groups is 1. The summed E-state index contributed by atoms with van der Waals surface area (Å²) in [5.74, 6) is -2.24. The zero-order valence-electron chi connectivity index (χ0n) is 34.1. The first-order chi connectivity index (χ1) is 26.9. The number of allylic oxidation sites excluding steroid dienone is 6. The summed E-state index contributed by atoms with van der Waals surface area (Å²) in [7, 11) is -4.87. The van der Waals surface area contributed by atoms with Crippen molar-refractivity contribution in [3.63, 3.8) is 0 Å². The average molecular weight is 813 g/mol. The molecule has 0 heterocycles. The molecule has 0 unspecified atom stereocenters. The number of ether oxygens (including phenoxy) is 2. The van der Waals surface area contributed by atoms with Crippen LogP contribution < -0.4 is 0 Å². The predicted molar refractivity (Wildman–Crippen MR) is 218 cm³/mol. The third-order valence-corrected chi connectivity index (χ3v) is 10.3. The van der Waals surface area contributed by atoms with E-state index in [-0.39, 0.29) is 37.9 Å². The molecule has 1 saturated carbocycles. The molecule has 0 bridgehead atoms. The molecule has 1 aliphatic carbocycles. The summed E-state index contributed by atoms with van der Waals surface area (Å²) in [6.45, 7) is 3.21. The Morgan fingerprint density at radius 1 is 0.714 bits per heavy atom. The lowest BCUT2D eigenvalue weighted by atomic mass is 9.87. The number of hydrogen-bond acceptors (Lipinski definition) is 10. The fourth-order valence-corrected chi connectivity index (χ4v) is 6.91. The van der Waals surface area contributed by atoms with Crippen molar-refractivity contribution in [3.8, 4) is 0 Å². The third kappa shape index (κ3) is 28.0. The Bertz CT molecular complexity index is 1230. The molecule has 0 amide bonds. The van der Waals surface area contributed by atoms with Gasteiger partial charge >= 0.3 is 19.8 Å². The molecule has 5 N–H and O–H groups in total. The van der Waals surface area contributed by atoms with E-state index in [0.717, 1.165) is 64.2 Å². The molecule has 6 atom stereocenters. The molecule has 56 heavy (non-hydrogen) atoms. The van der Waals surface area contributed by atoms with Crippen LogP contribution in [-0.4, -0.2) is 80.5 Å². The van der Waals surface area contributed by atoms with E-state index >= 15 is 0 Å². The first kappa shape index (κ1) is 51.6. The van der Waals surface area contributed by atoms with Crippen LogP contribution in [0.5, 0.6) is 0 Å². The summed E-state index contributed by atoms with van der Waals surface area (Å²) < 4.78 is 26.3. The Balaban J connectivity index is 2.34. The molecular weight excluding hydrogens is 739 g/mol. The summed E-state index contributed by atoms with van der Waals surface area (Å²) in [5.41, 5.74) is 0. The Morgan fingerprint density at radius 3 is 1.95 bits per heavy atom. The highest BCUT2D eigenvalue weighted by atomic mass is 31.2. The number of carbonyl (C=O) groups is 3. The lowest BCUT2D eigenvalue weighted by Gasteiger charge is -2.20. The van der Waals surface area contributed by atoms with Gasteiger partial charge in [-0.15, -0.1) is 0 Å². The smallest absolute Gasteiger partial charge is 0.462 e. The van der Waals surface area contributed by atoms with Crippen molar-refractivity contribution in [3.05, 3.63) is 48.6 Å². The monoisotopic (exact) mass is 812 g/mol. The van der Waals surface area contributed by atoms with Crippen LogP contribution >= 0.6 is 7.82 Å². The van der Waals surface area contributed by atoms with Crippen LogP contribution in [0.3, 0.4) is 0 Å². The second-order valence-electron chi connectivity index (χ2n) is 14.9. The minimum atomic E-state index is -4.87. The first-order valence-corrected chi connectivity index (χ1v) is 22.6. The highest BCUT2D eigenvalue weighted by Gasteiger charge is 2.41. The average Bonchev–Trinajstić information content (AvgIpc) is 3.41. The van der Waals surface area contributed by atoms with E-state index in [9.17, 15) is 34.3 Å². The number of aliphatic hydroxyl groups excluding tert-OH is 3. The van der Waals surface area contributed by atoms with E-state index in [1.54, 1.807) is 12.2 Å². The molecule has 0 radical (unpaired) electrons. The highest BCUT2D eigenvalue weighted by Crippen LogP contribution is 2.37. The number of unbranched alkanes of at least 4 members (excludes halogenated alkanes) is 10. The van der Waals surface area contributed by atoms with Crippen LogP contribution in [0.2, 0.25) is 0 Å². The van der Waals surface area contributed by atoms with Crippen LogP contribution in [-0.2, 0) is 32.9 Å². The van der Waals surface area contributed by atoms with Crippen molar-refractivity contribution >= 4 is 25.5 Å². The summed E-state index contributed by atoms with van der Waals surface area (Å²) in [5, 5.41) is 31.2. The van der Waals surface area contributed by atoms with Crippen molar-refractivity contribution in [2.24, 2.45) is 11.8 Å². The zero-order valence-corrected chi connectivity index (χ0v) is 35.0. The number of ketones is 1. The molecule has 0 aromatic rings. The Morgan fingerprint density at radius 2 is 1.29 bits per heavy atom. The lowest BCUT2D eigenvalue weighted by Crippen LogP contribution is -2.29. The van der Waals surface area contributed by atoms with Crippen LogP contribution in [0.15, 0.2) is 48.6 Å². The summed E-state index contributed by atoms with van der Waals surface area (Å²) in [6, 6.07) is 0. The quantitative estimate of drug-likeness (QED) is 0.0181. The van der Waals surface area contributed by atoms with Crippen LogP contribution in [0.25, 0.3) is 0 Å². The van der Waals surface area contributed by atoms with Crippen molar-refractivity contribution in [2.75, 3.05) is 13.2 Å². The molecule has 0 spiro atoms. The maximum Gasteiger partial charge on any atom is 0.469 e. The zero-order chi connectivity index (χ0) is 41.4. The number of Topliss-reactive ketones (excluding diaryl/α,β-unsaturated/α-hetero) is 1. The maximum atomic E-state index is 12.8. The molecule has 1 aliphatic rings. The van der Waals surface area contributed by atoms with Crippen molar-refractivity contribution in [1.82, 2.24) is 0 Å². The Labute approximate surface area is 336 Å². The number of esters is 2. The fraction of sp³-hybridized carbons (Fsp3) is 0.744. The minimum absolute atomic E-state index is 0.0596. The highest BCUT2D eigenvalue weighted by molar-refractivity contribution is 7.46. The second-order valence-corrected chi connectivity index (χ2v) is 16.2. The van der Waals surface area contributed by atoms with Gasteiger partial charge in [0.05, 0.1) is 24.9 Å². The van der Waals surface area contributed by atoms with Gasteiger partial charge in [0.1, 0.15) is 12.4 Å². The largest absolute Gasteiger partial charge is 0.469 e. The first-order valence-electron chi connectivity index (χ1n) is 21.1. The maximum absolute atomic E-state index is 12.8. The van der Waals surface area contributed by atoms with E-state index in [1.165, 1.54) is 19.3 Å². The number of rotatable bonds is 34. The van der Waals surface area contributed by atoms with Gasteiger partial charge in [0, 0.05) is 43.9 Å². The number of phosphoric acid groups is 1. The van der Waals surface area contributed by atoms with Gasteiger partial charge in [-0.3, -0.25) is 18.9 Å². The number of carbonyl (C=O) groups excluding carboxylic acids is 3. The van der Waals surface area contributed by atoms with Gasteiger partial charge < -0.3 is 34.6 Å². The molecule has 13 heteroatoms. The van der Waals surface area contributed by atoms with Gasteiger partial charge in [0.15, 0.2) is 6.10 Å². The topological polar surface area (TPSA) is 197 Å². The molecule has 1 rings (SSSR count). The Kier molecular flexibility index (Phi) is 29.9. The van der Waals surface area contributed by atoms with Crippen LogP contribution in [0.1, 0.15) is 155 Å². The van der Waals surface area contributed by atoms with E-state index in [4.69, 9.17) is 19.3 Å². The molecule has 0 aromatic carbocycles. The van der Waals surface area contributed by atoms with E-state index in [1.807, 2.05) is 0 Å². The van der Waals surface area contributed by atoms with Crippen LogP contribution in [0, 0.1) is 11.8 Å². The van der Waals surface area contributed by atoms with Gasteiger partial charge in [-0.2, -0.15) is 0 Å². The van der Waals surface area contributed by atoms with Gasteiger partial charge in [-0.25, -0.2) is 4.57 Å². The molecule has 0 aliphatic heterocycles. The van der Waals surface area contributed by atoms with E-state index in [2.05, 4.69) is 54.8 Å². The van der Waals surface area contributed by atoms with Gasteiger partial charge in [0.2, 0.25) is 0 Å². The van der Waals surface area contributed by atoms with E-state index in [0.29, 0.717) is 25.7 Å². The predicted octanol–water partition coefficient (Wildman–Crippen LogP) is 8.30. The Hall–Kier alpha value is -2.44. The van der Waals surface area contributed by atoms with Crippen molar-refractivity contribution < 1.29 is 58.1 Å². The van der Waals surface area contributed by atoms with Gasteiger partial charge in [-0.1, -0.05) is 107 Å². The van der Waals surface area contributed by atoms with Crippen molar-refractivity contribution in [1.29, 1.82) is 0 Å². The normalized spacial score (nSPS) is 20.1. The van der Waals surface area contributed by atoms with Gasteiger partial charge in [-0.05, 0) is 64.2 Å². The number of hydrogen-bond donors (Lipinski definition) is 5. The lowest BCUT2D eigenvalue weighted by molar-refractivity contribution is -0.161. The molecule has 0 saturated heterocycles. The summed E-state index contributed by atoms with van der Waals surface area (Å²) >= 11 is 0. The molecule has 322 valence electrons. The fourth-order valence-electron chi connectivity index (χ4n) is 6.55. The molecule has 1 fully saturated rings. The standard InChI is InChI=1S/C43H73O12P/c1-3-5-7-8-9-10-11-12-13-14-15-16-17-18-19-20-22-27-42(48)53-33-37(34-54-56(50,51)52)55-43(49)28-24-23-26-36(45)31-39-38(40(46)32-41(39)47)30-29-35(44)25-21-6-4-2/h9-10,12-13,15-16,29-30,35,37-41,44,46-47H,3-8,11,14,17-28,31-34H2,1-2H3,(H2,50,51,52)/b10-9-,13-12-,16-15-,30-29+/t35-,37+,38+,39+,40+,41-/m0/s1. The molecule has 0 aromatic heterocycles. The van der Waals surface area contributed by atoms with Gasteiger partial charge in [0.25, 0.3) is 0 Å². The van der Waals surface area contributed by atoms with Crippen LogP contribution in [0.4, 0.5) is 0 Å². The summed E-state index contributed by atoms with van der Waals surface area (Å²) in [6.07, 6.45) is 28.9. The number of aliphatic hydroxyl groups is 3.